The van der Waals surface area contributed by atoms with E-state index in [4.69, 9.17) is 0 Å². The zero-order valence-corrected chi connectivity index (χ0v) is 14.1. The van der Waals surface area contributed by atoms with Gasteiger partial charge in [-0.3, -0.25) is 4.79 Å². The van der Waals surface area contributed by atoms with E-state index in [0.29, 0.717) is 5.56 Å². The standard InChI is InChI=1S/C20H14F2N4O/c21-15-11-16(22)19-18(17(15)23-20(27)14-9-5-2-6-10-14)24-25-26(19)12-13-7-3-1-4-8-13/h1-11H,12H2,(H,23,27). The van der Waals surface area contributed by atoms with Crippen LogP contribution in [0.1, 0.15) is 15.9 Å². The first-order chi connectivity index (χ1) is 13.1. The van der Waals surface area contributed by atoms with Gasteiger partial charge in [-0.2, -0.15) is 0 Å². The molecule has 7 heteroatoms. The van der Waals surface area contributed by atoms with Crippen LogP contribution >= 0.6 is 0 Å². The summed E-state index contributed by atoms with van der Waals surface area (Å²) in [5, 5.41) is 10.3. The summed E-state index contributed by atoms with van der Waals surface area (Å²) in [5.41, 5.74) is 1.05. The van der Waals surface area contributed by atoms with Gasteiger partial charge in [0.1, 0.15) is 16.7 Å². The molecule has 134 valence electrons. The van der Waals surface area contributed by atoms with Crippen LogP contribution in [0.25, 0.3) is 11.0 Å². The number of hydrogen-bond acceptors (Lipinski definition) is 3. The van der Waals surface area contributed by atoms with Crippen LogP contribution in [-0.2, 0) is 6.54 Å². The molecule has 27 heavy (non-hydrogen) atoms. The largest absolute Gasteiger partial charge is 0.318 e. The lowest BCUT2D eigenvalue weighted by Gasteiger charge is -2.09. The quantitative estimate of drug-likeness (QED) is 0.595. The number of fused-ring (bicyclic) bond motifs is 1. The van der Waals surface area contributed by atoms with E-state index in [9.17, 15) is 13.6 Å². The maximum atomic E-state index is 14.4. The van der Waals surface area contributed by atoms with Crippen molar-refractivity contribution in [1.29, 1.82) is 0 Å². The Hall–Kier alpha value is -3.61. The Labute approximate surface area is 153 Å². The van der Waals surface area contributed by atoms with Gasteiger partial charge in [0.15, 0.2) is 11.6 Å². The Morgan fingerprint density at radius 1 is 0.963 bits per heavy atom. The molecule has 0 spiro atoms. The molecular weight excluding hydrogens is 350 g/mol. The predicted octanol–water partition coefficient (Wildman–Crippen LogP) is 4.01. The molecule has 0 saturated heterocycles. The highest BCUT2D eigenvalue weighted by Gasteiger charge is 2.21. The van der Waals surface area contributed by atoms with E-state index in [-0.39, 0.29) is 23.3 Å². The molecule has 1 amide bonds. The highest BCUT2D eigenvalue weighted by molar-refractivity contribution is 6.08. The van der Waals surface area contributed by atoms with Gasteiger partial charge in [0, 0.05) is 11.6 Å². The molecule has 3 aromatic carbocycles. The first-order valence-electron chi connectivity index (χ1n) is 8.25. The van der Waals surface area contributed by atoms with E-state index in [2.05, 4.69) is 15.6 Å². The van der Waals surface area contributed by atoms with Crippen molar-refractivity contribution < 1.29 is 13.6 Å². The average molecular weight is 364 g/mol. The number of carbonyl (C=O) groups is 1. The van der Waals surface area contributed by atoms with Gasteiger partial charge in [0.2, 0.25) is 0 Å². The van der Waals surface area contributed by atoms with Crippen molar-refractivity contribution in [3.8, 4) is 0 Å². The smallest absolute Gasteiger partial charge is 0.255 e. The first-order valence-corrected chi connectivity index (χ1v) is 8.25. The van der Waals surface area contributed by atoms with E-state index < -0.39 is 17.5 Å². The van der Waals surface area contributed by atoms with Crippen molar-refractivity contribution in [3.63, 3.8) is 0 Å². The fourth-order valence-corrected chi connectivity index (χ4v) is 2.84. The van der Waals surface area contributed by atoms with Crippen LogP contribution in [0.3, 0.4) is 0 Å². The van der Waals surface area contributed by atoms with E-state index in [1.165, 1.54) is 4.68 Å². The number of halogens is 2. The number of rotatable bonds is 4. The molecule has 5 nitrogen and oxygen atoms in total. The molecule has 1 aromatic heterocycles. The van der Waals surface area contributed by atoms with Gasteiger partial charge in [-0.05, 0) is 17.7 Å². The van der Waals surface area contributed by atoms with Crippen molar-refractivity contribution in [1.82, 2.24) is 15.0 Å². The van der Waals surface area contributed by atoms with E-state index in [1.807, 2.05) is 30.3 Å². The zero-order valence-electron chi connectivity index (χ0n) is 14.1. The molecule has 1 heterocycles. The number of anilines is 1. The minimum Gasteiger partial charge on any atom is -0.318 e. The molecule has 0 radical (unpaired) electrons. The van der Waals surface area contributed by atoms with Gasteiger partial charge < -0.3 is 5.32 Å². The second-order valence-electron chi connectivity index (χ2n) is 5.97. The molecule has 0 saturated carbocycles. The Morgan fingerprint density at radius 2 is 1.63 bits per heavy atom. The number of benzene rings is 3. The minimum absolute atomic E-state index is 0.0311. The average Bonchev–Trinajstić information content (AvgIpc) is 3.10. The third kappa shape index (κ3) is 3.27. The van der Waals surface area contributed by atoms with Crippen LogP contribution in [-0.4, -0.2) is 20.9 Å². The van der Waals surface area contributed by atoms with E-state index >= 15 is 0 Å². The lowest BCUT2D eigenvalue weighted by atomic mass is 10.2. The Balaban J connectivity index is 1.74. The van der Waals surface area contributed by atoms with Crippen molar-refractivity contribution in [2.75, 3.05) is 5.32 Å². The first kappa shape index (κ1) is 16.8. The van der Waals surface area contributed by atoms with Crippen LogP contribution in [0.5, 0.6) is 0 Å². The number of nitrogens with one attached hydrogen (secondary N) is 1. The molecule has 0 aliphatic heterocycles. The molecule has 1 N–H and O–H groups in total. The van der Waals surface area contributed by atoms with Crippen molar-refractivity contribution in [2.24, 2.45) is 0 Å². The van der Waals surface area contributed by atoms with Crippen LogP contribution < -0.4 is 5.32 Å². The van der Waals surface area contributed by atoms with E-state index in [1.54, 1.807) is 30.3 Å². The Kier molecular flexibility index (Phi) is 4.33. The molecule has 0 aliphatic rings. The highest BCUT2D eigenvalue weighted by atomic mass is 19.1. The van der Waals surface area contributed by atoms with Gasteiger partial charge in [-0.1, -0.05) is 53.7 Å². The molecule has 0 bridgehead atoms. The summed E-state index contributed by atoms with van der Waals surface area (Å²) in [7, 11) is 0. The van der Waals surface area contributed by atoms with E-state index in [0.717, 1.165) is 11.6 Å². The summed E-state index contributed by atoms with van der Waals surface area (Å²) in [6, 6.07) is 18.4. The second-order valence-corrected chi connectivity index (χ2v) is 5.97. The number of nitrogens with zero attached hydrogens (tertiary/aromatic N) is 3. The maximum Gasteiger partial charge on any atom is 0.255 e. The van der Waals surface area contributed by atoms with Crippen LogP contribution in [0.4, 0.5) is 14.5 Å². The molecule has 0 unspecified atom stereocenters. The molecule has 4 rings (SSSR count). The summed E-state index contributed by atoms with van der Waals surface area (Å²) >= 11 is 0. The maximum absolute atomic E-state index is 14.4. The zero-order chi connectivity index (χ0) is 18.8. The normalized spacial score (nSPS) is 10.9. The molecule has 0 fully saturated rings. The molecular formula is C20H14F2N4O. The van der Waals surface area contributed by atoms with Gasteiger partial charge >= 0.3 is 0 Å². The summed E-state index contributed by atoms with van der Waals surface area (Å²) in [5.74, 6) is -2.21. The van der Waals surface area contributed by atoms with Crippen LogP contribution in [0.15, 0.2) is 66.7 Å². The van der Waals surface area contributed by atoms with Gasteiger partial charge in [0.05, 0.1) is 6.54 Å². The monoisotopic (exact) mass is 364 g/mol. The lowest BCUT2D eigenvalue weighted by Crippen LogP contribution is -2.13. The topological polar surface area (TPSA) is 59.8 Å². The van der Waals surface area contributed by atoms with Crippen LogP contribution in [0, 0.1) is 11.6 Å². The number of hydrogen-bond donors (Lipinski definition) is 1. The highest BCUT2D eigenvalue weighted by Crippen LogP contribution is 2.28. The number of carbonyl (C=O) groups excluding carboxylic acids is 1. The van der Waals surface area contributed by atoms with Gasteiger partial charge in [-0.25, -0.2) is 13.5 Å². The number of aromatic nitrogens is 3. The Morgan fingerprint density at radius 3 is 2.33 bits per heavy atom. The molecule has 4 aromatic rings. The van der Waals surface area contributed by atoms with Gasteiger partial charge in [-0.15, -0.1) is 5.10 Å². The third-order valence-corrected chi connectivity index (χ3v) is 4.14. The fourth-order valence-electron chi connectivity index (χ4n) is 2.84. The lowest BCUT2D eigenvalue weighted by molar-refractivity contribution is 0.102. The second kappa shape index (κ2) is 6.95. The van der Waals surface area contributed by atoms with Crippen LogP contribution in [0.2, 0.25) is 0 Å². The summed E-state index contributed by atoms with van der Waals surface area (Å²) < 4.78 is 30.1. The third-order valence-electron chi connectivity index (χ3n) is 4.14. The Bertz CT molecular complexity index is 1110. The SMILES string of the molecule is O=C(Nc1c(F)cc(F)c2c1nnn2Cc1ccccc1)c1ccccc1. The number of amides is 1. The summed E-state index contributed by atoms with van der Waals surface area (Å²) in [4.78, 5) is 12.4. The molecule has 0 atom stereocenters. The summed E-state index contributed by atoms with van der Waals surface area (Å²) in [6.45, 7) is 0.270. The minimum atomic E-state index is -0.906. The van der Waals surface area contributed by atoms with Gasteiger partial charge in [0.25, 0.3) is 5.91 Å². The molecule has 0 aliphatic carbocycles. The fraction of sp³-hybridized carbons (Fsp3) is 0.0500. The summed E-state index contributed by atoms with van der Waals surface area (Å²) in [6.07, 6.45) is 0. The van der Waals surface area contributed by atoms with Crippen molar-refractivity contribution in [3.05, 3.63) is 89.5 Å². The van der Waals surface area contributed by atoms with Crippen molar-refractivity contribution in [2.45, 2.75) is 6.54 Å². The predicted molar refractivity (Wildman–Crippen MR) is 97.4 cm³/mol. The van der Waals surface area contributed by atoms with Crippen molar-refractivity contribution >= 4 is 22.6 Å².